The number of aromatic amines is 1. The van der Waals surface area contributed by atoms with E-state index in [1.165, 1.54) is 44.5 Å². The summed E-state index contributed by atoms with van der Waals surface area (Å²) in [5.41, 5.74) is 3.26. The first-order chi connectivity index (χ1) is 32.0. The minimum absolute atomic E-state index is 0. The number of amides is 1. The summed E-state index contributed by atoms with van der Waals surface area (Å²) in [4.78, 5) is 51.2. The SMILES string of the molecule is CCc1c2c(nc3ccc(OC(=O)N4CCC(N5CCCCC5)CC4)cc13)-c1cc3c(c(=O)n1C2)COC(=O)[C@]3(O)CC.Cl.NS(=O)(=O)c1ccc(S(=O)(=O)Nc2cccc3c(Cl)c[nH]c23)cc1.O.O.O. The second-order valence-corrected chi connectivity index (χ2v) is 20.9. The average molecular weight is 1060 g/mol. The molecule has 10 rings (SSSR count). The first-order valence-electron chi connectivity index (χ1n) is 22.3. The van der Waals surface area contributed by atoms with Gasteiger partial charge in [0.05, 0.1) is 55.0 Å². The zero-order chi connectivity index (χ0) is 47.4. The summed E-state index contributed by atoms with van der Waals surface area (Å²) in [7, 11) is -7.79. The fraction of sp³-hybridized carbons (Fsp3) is 0.362. The number of aromatic nitrogens is 3. The summed E-state index contributed by atoms with van der Waals surface area (Å²) in [6.45, 7) is 7.65. The maximum absolute atomic E-state index is 13.6. The largest absolute Gasteiger partial charge is 0.458 e. The standard InChI is InChI=1S/C33H38N4O6.C14H12ClN3O4S2.ClH.3H2O/c1-3-22-23-16-21(43-32(40)36-14-10-20(11-15-36)35-12-6-5-7-13-35)8-9-27(23)34-29-24(22)18-37-28(29)17-26-25(30(37)38)19-42-31(39)33(26,41)4-2;15-12-8-17-14-11(12)2-1-3-13(14)18-24(21,22)10-6-4-9(5-7-10)23(16,19)20;;;;/h8-9,16-17,20,41H,3-7,10-15,18-19H2,1-2H3;1-8,17-18H,(H2,16,19,20);1H;3*1H2/t33-;;;;;/m0...../s1. The van der Waals surface area contributed by atoms with E-state index < -0.39 is 31.6 Å². The number of pyridine rings is 2. The van der Waals surface area contributed by atoms with Crippen LogP contribution in [0.15, 0.2) is 87.5 Å². The molecule has 0 radical (unpaired) electrons. The minimum Gasteiger partial charge on any atom is -0.458 e. The Morgan fingerprint density at radius 1 is 0.930 bits per heavy atom. The van der Waals surface area contributed by atoms with Crippen LogP contribution in [0.3, 0.4) is 0 Å². The minimum atomic E-state index is -3.91. The Morgan fingerprint density at radius 2 is 1.61 bits per heavy atom. The number of H-pyrrole nitrogens is 1. The van der Waals surface area contributed by atoms with Crippen molar-refractivity contribution in [3.8, 4) is 17.1 Å². The number of hydrogen-bond acceptors (Lipinski definition) is 12. The predicted molar refractivity (Wildman–Crippen MR) is 270 cm³/mol. The third-order valence-electron chi connectivity index (χ3n) is 13.3. The Balaban J connectivity index is 0.000000288. The lowest BCUT2D eigenvalue weighted by Crippen LogP contribution is -2.48. The lowest BCUT2D eigenvalue weighted by molar-refractivity contribution is -0.172. The van der Waals surface area contributed by atoms with Crippen LogP contribution in [0, 0.1) is 0 Å². The van der Waals surface area contributed by atoms with Gasteiger partial charge in [-0.25, -0.2) is 36.5 Å². The van der Waals surface area contributed by atoms with Gasteiger partial charge in [-0.3, -0.25) is 9.52 Å². The second-order valence-electron chi connectivity index (χ2n) is 17.2. The van der Waals surface area contributed by atoms with E-state index in [1.807, 2.05) is 17.0 Å². The zero-order valence-corrected chi connectivity index (χ0v) is 42.0. The van der Waals surface area contributed by atoms with Crippen LogP contribution in [-0.2, 0) is 54.8 Å². The van der Waals surface area contributed by atoms with E-state index in [9.17, 15) is 36.3 Å². The molecule has 7 heterocycles. The average Bonchev–Trinajstić information content (AvgIpc) is 3.90. The van der Waals surface area contributed by atoms with Crippen LogP contribution < -0.4 is 20.2 Å². The van der Waals surface area contributed by atoms with Crippen LogP contribution in [0.25, 0.3) is 33.2 Å². The zero-order valence-electron chi connectivity index (χ0n) is 38.8. The fourth-order valence-electron chi connectivity index (χ4n) is 9.69. The van der Waals surface area contributed by atoms with E-state index in [-0.39, 0.29) is 63.3 Å². The van der Waals surface area contributed by atoms with E-state index in [0.717, 1.165) is 47.0 Å². The highest BCUT2D eigenvalue weighted by molar-refractivity contribution is 7.92. The number of ether oxygens (including phenoxy) is 2. The van der Waals surface area contributed by atoms with Crippen molar-refractivity contribution in [2.45, 2.75) is 93.4 Å². The molecule has 0 saturated carbocycles. The van der Waals surface area contributed by atoms with Crippen LogP contribution >= 0.6 is 24.0 Å². The highest BCUT2D eigenvalue weighted by Crippen LogP contribution is 2.41. The predicted octanol–water partition coefficient (Wildman–Crippen LogP) is 4.31. The van der Waals surface area contributed by atoms with Crippen molar-refractivity contribution in [2.24, 2.45) is 5.14 Å². The van der Waals surface area contributed by atoms with Crippen LogP contribution in [0.4, 0.5) is 10.5 Å². The molecule has 20 nitrogen and oxygen atoms in total. The third kappa shape index (κ3) is 10.6. The van der Waals surface area contributed by atoms with Crippen LogP contribution in [-0.4, -0.2) is 107 Å². The van der Waals surface area contributed by atoms with E-state index in [0.29, 0.717) is 82.0 Å². The lowest BCUT2D eigenvalue weighted by Gasteiger charge is -2.39. The van der Waals surface area contributed by atoms with Crippen molar-refractivity contribution < 1.29 is 57.4 Å². The fourth-order valence-corrected chi connectivity index (χ4v) is 11.5. The number of halogens is 2. The quantitative estimate of drug-likeness (QED) is 0.155. The normalized spacial score (nSPS) is 17.6. The highest BCUT2D eigenvalue weighted by Gasteiger charge is 2.45. The van der Waals surface area contributed by atoms with Gasteiger partial charge >= 0.3 is 12.1 Å². The first-order valence-corrected chi connectivity index (χ1v) is 25.7. The Bertz CT molecular complexity index is 3250. The molecular formula is C47H57Cl2N7O13S2. The van der Waals surface area contributed by atoms with Gasteiger partial charge in [-0.05, 0) is 112 Å². The van der Waals surface area contributed by atoms with Gasteiger partial charge in [0.15, 0.2) is 5.60 Å². The Kier molecular flexibility index (Phi) is 17.4. The first kappa shape index (κ1) is 56.3. The molecule has 3 aromatic heterocycles. The number of aliphatic hydroxyl groups is 1. The molecule has 1 atom stereocenters. The van der Waals surface area contributed by atoms with Gasteiger partial charge < -0.3 is 50.4 Å². The van der Waals surface area contributed by atoms with E-state index in [2.05, 4.69) is 21.5 Å². The molecule has 0 aliphatic carbocycles. The molecular weight excluding hydrogens is 1010 g/mol. The van der Waals surface area contributed by atoms with Gasteiger partial charge in [-0.2, -0.15) is 0 Å². The summed E-state index contributed by atoms with van der Waals surface area (Å²) in [6.07, 6.45) is 7.82. The number of primary sulfonamides is 1. The molecule has 384 valence electrons. The van der Waals surface area contributed by atoms with Crippen molar-refractivity contribution in [2.75, 3.05) is 30.9 Å². The Labute approximate surface area is 420 Å². The number of anilines is 1. The number of fused-ring (bicyclic) bond motifs is 6. The number of nitrogens with zero attached hydrogens (tertiary/aromatic N) is 4. The number of nitrogens with one attached hydrogen (secondary N) is 2. The van der Waals surface area contributed by atoms with E-state index in [4.69, 9.17) is 31.2 Å². The molecule has 71 heavy (non-hydrogen) atoms. The third-order valence-corrected chi connectivity index (χ3v) is 16.0. The van der Waals surface area contributed by atoms with Crippen molar-refractivity contribution >= 4 is 83.6 Å². The van der Waals surface area contributed by atoms with Gasteiger partial charge in [-0.1, -0.05) is 44.0 Å². The number of carbonyl (C=O) groups is 2. The number of rotatable bonds is 8. The van der Waals surface area contributed by atoms with Crippen molar-refractivity contribution in [3.63, 3.8) is 0 Å². The van der Waals surface area contributed by atoms with Crippen molar-refractivity contribution in [1.82, 2.24) is 24.3 Å². The van der Waals surface area contributed by atoms with Gasteiger partial charge in [0.25, 0.3) is 15.6 Å². The molecule has 4 aliphatic rings. The number of likely N-dealkylation sites (tertiary alicyclic amines) is 2. The number of cyclic esters (lactones) is 1. The van der Waals surface area contributed by atoms with Gasteiger partial charge in [-0.15, -0.1) is 12.4 Å². The van der Waals surface area contributed by atoms with Crippen LogP contribution in [0.5, 0.6) is 5.75 Å². The number of aryl methyl sites for hydroxylation is 1. The molecule has 3 aromatic carbocycles. The molecule has 0 spiro atoms. The Hall–Kier alpha value is -5.66. The number of sulfonamides is 2. The summed E-state index contributed by atoms with van der Waals surface area (Å²) in [6, 6.07) is 17.4. The molecule has 6 aromatic rings. The highest BCUT2D eigenvalue weighted by atomic mass is 35.5. The van der Waals surface area contributed by atoms with Gasteiger partial charge in [0.2, 0.25) is 10.0 Å². The summed E-state index contributed by atoms with van der Waals surface area (Å²) in [5, 5.41) is 18.2. The van der Waals surface area contributed by atoms with Crippen molar-refractivity contribution in [3.05, 3.63) is 111 Å². The van der Waals surface area contributed by atoms with E-state index in [1.54, 1.807) is 48.0 Å². The molecule has 1 amide bonds. The molecule has 0 unspecified atom stereocenters. The maximum Gasteiger partial charge on any atom is 0.415 e. The van der Waals surface area contributed by atoms with Gasteiger partial charge in [0.1, 0.15) is 12.4 Å². The molecule has 24 heteroatoms. The number of benzene rings is 3. The molecule has 0 bridgehead atoms. The number of nitrogens with two attached hydrogens (primary N) is 1. The van der Waals surface area contributed by atoms with Crippen LogP contribution in [0.2, 0.25) is 5.02 Å². The summed E-state index contributed by atoms with van der Waals surface area (Å²) in [5.74, 6) is -0.266. The molecule has 4 aliphatic heterocycles. The molecule has 11 N–H and O–H groups in total. The number of esters is 1. The number of para-hydroxylation sites is 1. The lowest BCUT2D eigenvalue weighted by atomic mass is 9.86. The second kappa shape index (κ2) is 22.0. The molecule has 2 fully saturated rings. The number of carbonyl (C=O) groups excluding carboxylic acids is 2. The van der Waals surface area contributed by atoms with E-state index >= 15 is 0 Å². The van der Waals surface area contributed by atoms with Gasteiger partial charge in [0, 0.05) is 47.2 Å². The maximum atomic E-state index is 13.6. The molecule has 2 saturated heterocycles. The topological polar surface area (TPSA) is 331 Å². The Morgan fingerprint density at radius 3 is 2.25 bits per heavy atom. The summed E-state index contributed by atoms with van der Waals surface area (Å²) < 4.78 is 62.6. The van der Waals surface area contributed by atoms with Crippen molar-refractivity contribution in [1.29, 1.82) is 0 Å². The number of hydrogen-bond donors (Lipinski definition) is 4. The number of piperidine rings is 2. The summed E-state index contributed by atoms with van der Waals surface area (Å²) >= 11 is 6.02. The van der Waals surface area contributed by atoms with Crippen LogP contribution in [0.1, 0.15) is 74.6 Å². The smallest absolute Gasteiger partial charge is 0.415 e. The monoisotopic (exact) mass is 1060 g/mol.